The first-order valence-electron chi connectivity index (χ1n) is 10.8. The fourth-order valence-electron chi connectivity index (χ4n) is 3.81. The molecule has 2 aromatic rings. The van der Waals surface area contributed by atoms with Crippen LogP contribution in [0.25, 0.3) is 0 Å². The van der Waals surface area contributed by atoms with Gasteiger partial charge in [-0.25, -0.2) is 4.98 Å². The van der Waals surface area contributed by atoms with Gasteiger partial charge < -0.3 is 20.1 Å². The fourth-order valence-corrected chi connectivity index (χ4v) is 4.64. The molecule has 32 heavy (non-hydrogen) atoms. The lowest BCUT2D eigenvalue weighted by atomic mass is 9.97. The zero-order chi connectivity index (χ0) is 23.1. The number of likely N-dealkylation sites (tertiary alicyclic amines) is 1. The highest BCUT2D eigenvalue weighted by atomic mass is 32.1. The standard InChI is InChI=1S/C23H32N4O4S/c1-15-16(2)32-23(25-15)26-21(28)14-27-11-5-6-18(13-27)22(29)24-10-9-17-7-8-19(30-3)20(12-17)31-4/h7-8,12,18H,5-6,9-11,13-14H2,1-4H3,(H,24,29)(H,25,26,28). The van der Waals surface area contributed by atoms with E-state index in [-0.39, 0.29) is 24.3 Å². The summed E-state index contributed by atoms with van der Waals surface area (Å²) in [5.74, 6) is 1.22. The number of aromatic nitrogens is 1. The summed E-state index contributed by atoms with van der Waals surface area (Å²) in [6.07, 6.45) is 2.44. The van der Waals surface area contributed by atoms with E-state index in [1.807, 2.05) is 36.9 Å². The molecule has 1 aromatic heterocycles. The van der Waals surface area contributed by atoms with E-state index in [1.165, 1.54) is 11.3 Å². The molecule has 1 aliphatic rings. The third-order valence-electron chi connectivity index (χ3n) is 5.68. The molecule has 9 heteroatoms. The maximum atomic E-state index is 12.7. The second-order valence-corrected chi connectivity index (χ2v) is 9.22. The third kappa shape index (κ3) is 6.43. The molecule has 0 aliphatic carbocycles. The molecule has 3 rings (SSSR count). The van der Waals surface area contributed by atoms with E-state index in [2.05, 4.69) is 15.6 Å². The van der Waals surface area contributed by atoms with Crippen LogP contribution in [0.4, 0.5) is 5.13 Å². The van der Waals surface area contributed by atoms with Crippen molar-refractivity contribution in [1.82, 2.24) is 15.2 Å². The number of anilines is 1. The van der Waals surface area contributed by atoms with Crippen molar-refractivity contribution in [1.29, 1.82) is 0 Å². The van der Waals surface area contributed by atoms with Crippen molar-refractivity contribution in [2.45, 2.75) is 33.1 Å². The number of hydrogen-bond acceptors (Lipinski definition) is 7. The van der Waals surface area contributed by atoms with Gasteiger partial charge in [0.2, 0.25) is 11.8 Å². The van der Waals surface area contributed by atoms with Crippen LogP contribution in [0, 0.1) is 19.8 Å². The van der Waals surface area contributed by atoms with E-state index in [0.717, 1.165) is 35.5 Å². The Hall–Kier alpha value is -2.65. The van der Waals surface area contributed by atoms with Gasteiger partial charge >= 0.3 is 0 Å². The first kappa shape index (κ1) is 24.0. The Morgan fingerprint density at radius 3 is 2.69 bits per heavy atom. The van der Waals surface area contributed by atoms with E-state index >= 15 is 0 Å². The van der Waals surface area contributed by atoms with E-state index < -0.39 is 0 Å². The van der Waals surface area contributed by atoms with Gasteiger partial charge in [-0.05, 0) is 57.4 Å². The number of aryl methyl sites for hydroxylation is 2. The van der Waals surface area contributed by atoms with Gasteiger partial charge in [0, 0.05) is 18.0 Å². The summed E-state index contributed by atoms with van der Waals surface area (Å²) in [7, 11) is 3.22. The molecule has 8 nitrogen and oxygen atoms in total. The Morgan fingerprint density at radius 1 is 1.22 bits per heavy atom. The highest BCUT2D eigenvalue weighted by Crippen LogP contribution is 2.27. The molecule has 0 saturated carbocycles. The van der Waals surface area contributed by atoms with Crippen LogP contribution in [-0.2, 0) is 16.0 Å². The van der Waals surface area contributed by atoms with Crippen molar-refractivity contribution in [3.63, 3.8) is 0 Å². The number of thiazole rings is 1. The lowest BCUT2D eigenvalue weighted by Gasteiger charge is -2.31. The van der Waals surface area contributed by atoms with Gasteiger partial charge in [0.25, 0.3) is 0 Å². The molecule has 0 bridgehead atoms. The van der Waals surface area contributed by atoms with Crippen LogP contribution in [0.3, 0.4) is 0 Å². The molecule has 0 spiro atoms. The highest BCUT2D eigenvalue weighted by molar-refractivity contribution is 7.15. The molecular weight excluding hydrogens is 428 g/mol. The first-order chi connectivity index (χ1) is 15.4. The van der Waals surface area contributed by atoms with Crippen molar-refractivity contribution in [3.05, 3.63) is 34.3 Å². The molecule has 174 valence electrons. The minimum Gasteiger partial charge on any atom is -0.493 e. The number of nitrogens with one attached hydrogen (secondary N) is 2. The van der Waals surface area contributed by atoms with Crippen molar-refractivity contribution in [2.24, 2.45) is 5.92 Å². The number of benzene rings is 1. The summed E-state index contributed by atoms with van der Waals surface area (Å²) in [6, 6.07) is 5.77. The summed E-state index contributed by atoms with van der Waals surface area (Å²) in [5, 5.41) is 6.55. The maximum Gasteiger partial charge on any atom is 0.240 e. The molecule has 1 fully saturated rings. The van der Waals surface area contributed by atoms with Gasteiger partial charge in [0.1, 0.15) is 0 Å². The fraction of sp³-hybridized carbons (Fsp3) is 0.522. The SMILES string of the molecule is COc1ccc(CCNC(=O)C2CCCN(CC(=O)Nc3nc(C)c(C)s3)C2)cc1OC. The molecule has 2 heterocycles. The van der Waals surface area contributed by atoms with Crippen molar-refractivity contribution < 1.29 is 19.1 Å². The van der Waals surface area contributed by atoms with Crippen LogP contribution in [0.5, 0.6) is 11.5 Å². The summed E-state index contributed by atoms with van der Waals surface area (Å²) in [5.41, 5.74) is 2.01. The Kier molecular flexibility index (Phi) is 8.46. The molecule has 1 atom stereocenters. The lowest BCUT2D eigenvalue weighted by molar-refractivity contribution is -0.127. The second-order valence-electron chi connectivity index (χ2n) is 8.01. The van der Waals surface area contributed by atoms with Gasteiger partial charge in [-0.2, -0.15) is 0 Å². The lowest BCUT2D eigenvalue weighted by Crippen LogP contribution is -2.45. The van der Waals surface area contributed by atoms with Gasteiger partial charge in [0.05, 0.1) is 32.4 Å². The van der Waals surface area contributed by atoms with Crippen LogP contribution < -0.4 is 20.1 Å². The van der Waals surface area contributed by atoms with Crippen LogP contribution in [0.1, 0.15) is 29.0 Å². The number of carbonyl (C=O) groups excluding carboxylic acids is 2. The van der Waals surface area contributed by atoms with Crippen LogP contribution in [-0.4, -0.2) is 62.1 Å². The molecule has 1 saturated heterocycles. The van der Waals surface area contributed by atoms with Crippen LogP contribution in [0.15, 0.2) is 18.2 Å². The topological polar surface area (TPSA) is 92.8 Å². The number of nitrogens with zero attached hydrogens (tertiary/aromatic N) is 2. The number of methoxy groups -OCH3 is 2. The normalized spacial score (nSPS) is 16.4. The third-order valence-corrected chi connectivity index (χ3v) is 6.67. The van der Waals surface area contributed by atoms with Crippen molar-refractivity contribution in [3.8, 4) is 11.5 Å². The molecule has 0 radical (unpaired) electrons. The minimum atomic E-state index is -0.105. The number of carbonyl (C=O) groups is 2. The number of amides is 2. The largest absolute Gasteiger partial charge is 0.493 e. The predicted octanol–water partition coefficient (Wildman–Crippen LogP) is 2.79. The molecular formula is C23H32N4O4S. The van der Waals surface area contributed by atoms with Gasteiger partial charge in [-0.1, -0.05) is 6.07 Å². The van der Waals surface area contributed by atoms with E-state index in [1.54, 1.807) is 14.2 Å². The zero-order valence-corrected chi connectivity index (χ0v) is 20.0. The summed E-state index contributed by atoms with van der Waals surface area (Å²) in [6.45, 7) is 6.15. The number of ether oxygens (including phenoxy) is 2. The van der Waals surface area contributed by atoms with Crippen molar-refractivity contribution >= 4 is 28.3 Å². The number of hydrogen-bond donors (Lipinski definition) is 2. The number of rotatable bonds is 9. The quantitative estimate of drug-likeness (QED) is 0.598. The first-order valence-corrected chi connectivity index (χ1v) is 11.7. The highest BCUT2D eigenvalue weighted by Gasteiger charge is 2.26. The molecule has 1 aliphatic heterocycles. The van der Waals surface area contributed by atoms with Crippen LogP contribution in [0.2, 0.25) is 0 Å². The van der Waals surface area contributed by atoms with Crippen molar-refractivity contribution in [2.75, 3.05) is 45.7 Å². The molecule has 2 amide bonds. The van der Waals surface area contributed by atoms with Crippen LogP contribution >= 0.6 is 11.3 Å². The van der Waals surface area contributed by atoms with E-state index in [9.17, 15) is 9.59 Å². The Balaban J connectivity index is 1.44. The second kappa shape index (κ2) is 11.3. The maximum absolute atomic E-state index is 12.7. The van der Waals surface area contributed by atoms with Gasteiger partial charge in [-0.3, -0.25) is 14.5 Å². The molecule has 1 unspecified atom stereocenters. The number of piperidine rings is 1. The minimum absolute atomic E-state index is 0.0433. The van der Waals surface area contributed by atoms with Gasteiger partial charge in [0.15, 0.2) is 16.6 Å². The Bertz CT molecular complexity index is 927. The summed E-state index contributed by atoms with van der Waals surface area (Å²) >= 11 is 1.48. The van der Waals surface area contributed by atoms with Gasteiger partial charge in [-0.15, -0.1) is 11.3 Å². The predicted molar refractivity (Wildman–Crippen MR) is 126 cm³/mol. The summed E-state index contributed by atoms with van der Waals surface area (Å²) in [4.78, 5) is 32.6. The monoisotopic (exact) mass is 460 g/mol. The Labute approximate surface area is 193 Å². The molecule has 2 N–H and O–H groups in total. The van der Waals surface area contributed by atoms with E-state index in [4.69, 9.17) is 9.47 Å². The smallest absolute Gasteiger partial charge is 0.240 e. The Morgan fingerprint density at radius 2 is 2.00 bits per heavy atom. The molecule has 1 aromatic carbocycles. The van der Waals surface area contributed by atoms with E-state index in [0.29, 0.717) is 36.1 Å². The zero-order valence-electron chi connectivity index (χ0n) is 19.2. The summed E-state index contributed by atoms with van der Waals surface area (Å²) < 4.78 is 10.6. The average Bonchev–Trinajstić information content (AvgIpc) is 3.09. The average molecular weight is 461 g/mol.